The van der Waals surface area contributed by atoms with Gasteiger partial charge in [-0.25, -0.2) is 0 Å². The van der Waals surface area contributed by atoms with Crippen molar-refractivity contribution in [1.82, 2.24) is 0 Å². The van der Waals surface area contributed by atoms with E-state index in [0.717, 1.165) is 51.2 Å². The van der Waals surface area contributed by atoms with E-state index in [4.69, 9.17) is 20.8 Å². The minimum atomic E-state index is 0.219. The first-order chi connectivity index (χ1) is 9.26. The van der Waals surface area contributed by atoms with Crippen molar-refractivity contribution in [2.24, 2.45) is 10.7 Å². The zero-order valence-corrected chi connectivity index (χ0v) is 12.4. The number of aliphatic hydroxyl groups excluding tert-OH is 1. The van der Waals surface area contributed by atoms with Crippen LogP contribution in [0.2, 0.25) is 0 Å². The van der Waals surface area contributed by atoms with Gasteiger partial charge in [-0.15, -0.1) is 0 Å². The average Bonchev–Trinajstić information content (AvgIpc) is 2.44. The molecule has 0 bridgehead atoms. The molecule has 0 atom stereocenters. The fourth-order valence-corrected chi connectivity index (χ4v) is 1.07. The Morgan fingerprint density at radius 3 is 2.42 bits per heavy atom. The zero-order chi connectivity index (χ0) is 14.8. The lowest BCUT2D eigenvalue weighted by Gasteiger charge is -2.12. The second kappa shape index (κ2) is 19.2. The maximum atomic E-state index is 7.99. The summed E-state index contributed by atoms with van der Waals surface area (Å²) in [5.41, 5.74) is 4.98. The van der Waals surface area contributed by atoms with Crippen LogP contribution in [-0.2, 0) is 4.74 Å². The lowest BCUT2D eigenvalue weighted by atomic mass is 10.3. The summed E-state index contributed by atoms with van der Waals surface area (Å²) in [6.45, 7) is 6.78. The molecule has 0 amide bonds. The minimum absolute atomic E-state index is 0.219. The van der Waals surface area contributed by atoms with Crippen LogP contribution in [0.5, 0.6) is 0 Å². The third kappa shape index (κ3) is 19.4. The van der Waals surface area contributed by atoms with Crippen LogP contribution in [0.3, 0.4) is 0 Å². The highest BCUT2D eigenvalue weighted by atomic mass is 16.5. The zero-order valence-electron chi connectivity index (χ0n) is 12.4. The molecule has 0 aliphatic carbocycles. The van der Waals surface area contributed by atoms with Gasteiger partial charge < -0.3 is 15.6 Å². The van der Waals surface area contributed by atoms with E-state index in [1.807, 2.05) is 13.0 Å². The van der Waals surface area contributed by atoms with Gasteiger partial charge in [-0.1, -0.05) is 13.8 Å². The van der Waals surface area contributed by atoms with Crippen LogP contribution in [0.25, 0.3) is 0 Å². The molecule has 5 nitrogen and oxygen atoms in total. The summed E-state index contributed by atoms with van der Waals surface area (Å²) in [6.07, 6.45) is 5.64. The SMILES string of the molecule is CCCC#N.CCCC1=NCCCO1.NCCCO. The molecule has 0 fully saturated rings. The Kier molecular flexibility index (Phi) is 20.4. The minimum Gasteiger partial charge on any atom is -0.481 e. The molecule has 0 aromatic heterocycles. The van der Waals surface area contributed by atoms with Gasteiger partial charge in [-0.3, -0.25) is 4.99 Å². The molecule has 0 aromatic carbocycles. The first-order valence-electron chi connectivity index (χ1n) is 7.10. The highest BCUT2D eigenvalue weighted by molar-refractivity contribution is 5.76. The lowest BCUT2D eigenvalue weighted by Crippen LogP contribution is -2.12. The van der Waals surface area contributed by atoms with Crippen molar-refractivity contribution < 1.29 is 9.84 Å². The van der Waals surface area contributed by atoms with Crippen molar-refractivity contribution in [2.45, 2.75) is 52.4 Å². The van der Waals surface area contributed by atoms with Crippen LogP contribution >= 0.6 is 0 Å². The number of unbranched alkanes of at least 4 members (excludes halogenated alkanes) is 1. The Morgan fingerprint density at radius 1 is 1.42 bits per heavy atom. The van der Waals surface area contributed by atoms with Crippen molar-refractivity contribution >= 4 is 5.90 Å². The van der Waals surface area contributed by atoms with Gasteiger partial charge in [0.25, 0.3) is 0 Å². The molecule has 0 radical (unpaired) electrons. The van der Waals surface area contributed by atoms with Gasteiger partial charge in [0.15, 0.2) is 5.90 Å². The fourth-order valence-electron chi connectivity index (χ4n) is 1.07. The Morgan fingerprint density at radius 2 is 2.16 bits per heavy atom. The van der Waals surface area contributed by atoms with Crippen molar-refractivity contribution in [3.05, 3.63) is 0 Å². The molecule has 112 valence electrons. The summed E-state index contributed by atoms with van der Waals surface area (Å²) in [4.78, 5) is 4.21. The van der Waals surface area contributed by atoms with Gasteiger partial charge in [-0.2, -0.15) is 5.26 Å². The monoisotopic (exact) mass is 271 g/mol. The van der Waals surface area contributed by atoms with Gasteiger partial charge in [0, 0.05) is 32.4 Å². The van der Waals surface area contributed by atoms with Gasteiger partial charge >= 0.3 is 0 Å². The molecule has 1 rings (SSSR count). The Labute approximate surface area is 117 Å². The molecule has 1 aliphatic heterocycles. The first kappa shape index (κ1) is 20.2. The number of nitrogens with zero attached hydrogens (tertiary/aromatic N) is 2. The van der Waals surface area contributed by atoms with E-state index < -0.39 is 0 Å². The molecule has 0 spiro atoms. The maximum absolute atomic E-state index is 7.99. The second-order valence-corrected chi connectivity index (χ2v) is 4.00. The molecule has 0 aromatic rings. The molecule has 3 N–H and O–H groups in total. The van der Waals surface area contributed by atoms with Crippen LogP contribution in [0.15, 0.2) is 4.99 Å². The summed E-state index contributed by atoms with van der Waals surface area (Å²) >= 11 is 0. The molecule has 0 saturated carbocycles. The fraction of sp³-hybridized carbons (Fsp3) is 0.857. The van der Waals surface area contributed by atoms with Crippen molar-refractivity contribution in [3.8, 4) is 6.07 Å². The summed E-state index contributed by atoms with van der Waals surface area (Å²) in [5.74, 6) is 0.962. The largest absolute Gasteiger partial charge is 0.481 e. The Bertz CT molecular complexity index is 235. The number of aliphatic hydroxyl groups is 1. The van der Waals surface area contributed by atoms with Crippen LogP contribution in [0.4, 0.5) is 0 Å². The number of hydrogen-bond donors (Lipinski definition) is 2. The number of aliphatic imine (C=N–C) groups is 1. The maximum Gasteiger partial charge on any atom is 0.183 e. The van der Waals surface area contributed by atoms with Crippen LogP contribution in [-0.4, -0.2) is 37.3 Å². The highest BCUT2D eigenvalue weighted by Crippen LogP contribution is 2.01. The summed E-state index contributed by atoms with van der Waals surface area (Å²) < 4.78 is 5.27. The molecule has 0 saturated heterocycles. The summed E-state index contributed by atoms with van der Waals surface area (Å²) in [7, 11) is 0. The second-order valence-electron chi connectivity index (χ2n) is 4.00. The topological polar surface area (TPSA) is 91.6 Å². The van der Waals surface area contributed by atoms with E-state index in [1.165, 1.54) is 0 Å². The number of ether oxygens (including phenoxy) is 1. The summed E-state index contributed by atoms with van der Waals surface area (Å²) in [6, 6.07) is 2.02. The van der Waals surface area contributed by atoms with E-state index >= 15 is 0 Å². The normalized spacial score (nSPS) is 12.7. The molecular weight excluding hydrogens is 242 g/mol. The van der Waals surface area contributed by atoms with Gasteiger partial charge in [0.05, 0.1) is 12.7 Å². The number of hydrogen-bond acceptors (Lipinski definition) is 5. The van der Waals surface area contributed by atoms with Crippen molar-refractivity contribution in [2.75, 3.05) is 26.3 Å². The van der Waals surface area contributed by atoms with Gasteiger partial charge in [-0.05, 0) is 25.8 Å². The molecule has 1 aliphatic rings. The van der Waals surface area contributed by atoms with Gasteiger partial charge in [0.2, 0.25) is 0 Å². The standard InChI is InChI=1S/C7H13NO.C4H7N.C3H9NO/c1-2-4-7-8-5-3-6-9-7;1-2-3-4-5;4-2-1-3-5/h2-6H2,1H3;2-3H2,1H3;5H,1-4H2. The number of rotatable bonds is 5. The molecule has 5 heteroatoms. The van der Waals surface area contributed by atoms with Gasteiger partial charge in [0.1, 0.15) is 0 Å². The van der Waals surface area contributed by atoms with Crippen molar-refractivity contribution in [3.63, 3.8) is 0 Å². The summed E-state index contributed by atoms with van der Waals surface area (Å²) in [5, 5.41) is 15.8. The van der Waals surface area contributed by atoms with E-state index in [-0.39, 0.29) is 6.61 Å². The molecule has 1 heterocycles. The third-order valence-electron chi connectivity index (χ3n) is 2.05. The van der Waals surface area contributed by atoms with Crippen LogP contribution in [0, 0.1) is 11.3 Å². The lowest BCUT2D eigenvalue weighted by molar-refractivity contribution is 0.273. The van der Waals surface area contributed by atoms with E-state index in [2.05, 4.69) is 11.9 Å². The highest BCUT2D eigenvalue weighted by Gasteiger charge is 2.02. The number of nitrogens with two attached hydrogens (primary N) is 1. The quantitative estimate of drug-likeness (QED) is 0.802. The molecule has 19 heavy (non-hydrogen) atoms. The smallest absolute Gasteiger partial charge is 0.183 e. The molecule has 0 unspecified atom stereocenters. The first-order valence-corrected chi connectivity index (χ1v) is 7.10. The number of nitriles is 1. The predicted octanol–water partition coefficient (Wildman–Crippen LogP) is 2.24. The average molecular weight is 271 g/mol. The van der Waals surface area contributed by atoms with E-state index in [1.54, 1.807) is 0 Å². The third-order valence-corrected chi connectivity index (χ3v) is 2.05. The van der Waals surface area contributed by atoms with Crippen LogP contribution < -0.4 is 5.73 Å². The van der Waals surface area contributed by atoms with E-state index in [0.29, 0.717) is 13.0 Å². The van der Waals surface area contributed by atoms with Crippen molar-refractivity contribution in [1.29, 1.82) is 5.26 Å². The Balaban J connectivity index is 0. The van der Waals surface area contributed by atoms with Crippen LogP contribution in [0.1, 0.15) is 52.4 Å². The molecular formula is C14H29N3O2. The van der Waals surface area contributed by atoms with E-state index in [9.17, 15) is 0 Å². The predicted molar refractivity (Wildman–Crippen MR) is 79.1 cm³/mol. The Hall–Kier alpha value is -1.12.